The fourth-order valence-corrected chi connectivity index (χ4v) is 3.49. The number of halogens is 1. The normalized spacial score (nSPS) is 14.3. The quantitative estimate of drug-likeness (QED) is 0.208. The molecule has 31 heavy (non-hydrogen) atoms. The van der Waals surface area contributed by atoms with Gasteiger partial charge < -0.3 is 9.57 Å². The zero-order valence-electron chi connectivity index (χ0n) is 16.0. The lowest BCUT2D eigenvalue weighted by Crippen LogP contribution is -2.06. The number of carbonyl (C=O) groups is 1. The van der Waals surface area contributed by atoms with E-state index in [1.165, 1.54) is 12.1 Å². The maximum atomic E-state index is 12.2. The molecule has 154 valence electrons. The van der Waals surface area contributed by atoms with Crippen molar-refractivity contribution < 1.29 is 19.3 Å². The molecule has 0 amide bonds. The number of nitrogens with zero attached hydrogens (tertiary/aromatic N) is 2. The minimum absolute atomic E-state index is 0.0335. The van der Waals surface area contributed by atoms with Crippen LogP contribution in [-0.4, -0.2) is 16.6 Å². The Kier molecular flexibility index (Phi) is 5.90. The van der Waals surface area contributed by atoms with E-state index >= 15 is 0 Å². The lowest BCUT2D eigenvalue weighted by molar-refractivity contribution is -0.384. The summed E-state index contributed by atoms with van der Waals surface area (Å²) < 4.78 is 6.51. The van der Waals surface area contributed by atoms with Gasteiger partial charge in [0.15, 0.2) is 0 Å². The van der Waals surface area contributed by atoms with E-state index in [1.54, 1.807) is 24.3 Å². The molecular weight excluding hydrogens is 464 g/mol. The second-order valence-electron chi connectivity index (χ2n) is 6.64. The average Bonchev–Trinajstić information content (AvgIpc) is 3.14. The topological polar surface area (TPSA) is 91.0 Å². The van der Waals surface area contributed by atoms with Crippen molar-refractivity contribution in [3.63, 3.8) is 0 Å². The Morgan fingerprint density at radius 1 is 1.06 bits per heavy atom. The first-order chi connectivity index (χ1) is 15.0. The van der Waals surface area contributed by atoms with Gasteiger partial charge in [-0.3, -0.25) is 10.1 Å². The van der Waals surface area contributed by atoms with Crippen molar-refractivity contribution in [2.75, 3.05) is 0 Å². The van der Waals surface area contributed by atoms with Gasteiger partial charge in [-0.05, 0) is 57.4 Å². The van der Waals surface area contributed by atoms with Crippen LogP contribution in [0.1, 0.15) is 16.7 Å². The number of carbonyl (C=O) groups excluding carboxylic acids is 1. The van der Waals surface area contributed by atoms with Crippen molar-refractivity contribution in [3.8, 4) is 5.75 Å². The molecule has 0 aromatic heterocycles. The molecule has 4 rings (SSSR count). The highest BCUT2D eigenvalue weighted by atomic mass is 79.9. The van der Waals surface area contributed by atoms with Crippen LogP contribution in [0.5, 0.6) is 5.75 Å². The number of nitro benzene ring substituents is 1. The summed E-state index contributed by atoms with van der Waals surface area (Å²) in [5.41, 5.74) is 3.26. The van der Waals surface area contributed by atoms with Crippen molar-refractivity contribution in [3.05, 3.63) is 110 Å². The number of non-ortho nitro benzene ring substituents is 1. The molecule has 3 aromatic carbocycles. The molecule has 0 fully saturated rings. The predicted molar refractivity (Wildman–Crippen MR) is 119 cm³/mol. The lowest BCUT2D eigenvalue weighted by atomic mass is 10.0. The maximum Gasteiger partial charge on any atom is 0.368 e. The molecular formula is C23H15BrN2O5. The summed E-state index contributed by atoms with van der Waals surface area (Å²) >= 11 is 3.49. The van der Waals surface area contributed by atoms with Gasteiger partial charge in [-0.1, -0.05) is 41.6 Å². The molecule has 0 bridgehead atoms. The van der Waals surface area contributed by atoms with Crippen LogP contribution in [0.3, 0.4) is 0 Å². The van der Waals surface area contributed by atoms with E-state index in [2.05, 4.69) is 21.1 Å². The molecule has 7 nitrogen and oxygen atoms in total. The zero-order valence-corrected chi connectivity index (χ0v) is 17.6. The second kappa shape index (κ2) is 8.93. The second-order valence-corrected chi connectivity index (χ2v) is 7.50. The summed E-state index contributed by atoms with van der Waals surface area (Å²) in [6, 6.07) is 21.0. The van der Waals surface area contributed by atoms with E-state index in [1.807, 2.05) is 42.5 Å². The third kappa shape index (κ3) is 4.70. The van der Waals surface area contributed by atoms with Gasteiger partial charge in [0.2, 0.25) is 0 Å². The van der Waals surface area contributed by atoms with Gasteiger partial charge in [-0.25, -0.2) is 4.79 Å². The first-order valence-electron chi connectivity index (χ1n) is 9.24. The number of hydrogen-bond donors (Lipinski definition) is 0. The van der Waals surface area contributed by atoms with Crippen LogP contribution < -0.4 is 4.74 Å². The third-order valence-electron chi connectivity index (χ3n) is 4.55. The number of oxime groups is 1. The average molecular weight is 479 g/mol. The molecule has 0 atom stereocenters. The Morgan fingerprint density at radius 2 is 1.81 bits per heavy atom. The smallest absolute Gasteiger partial charge is 0.368 e. The summed E-state index contributed by atoms with van der Waals surface area (Å²) in [7, 11) is 0. The molecule has 0 aliphatic carbocycles. The molecule has 0 N–H and O–H groups in total. The fraction of sp³-hybridized carbons (Fsp3) is 0.0435. The Labute approximate surface area is 185 Å². The maximum absolute atomic E-state index is 12.2. The minimum Gasteiger partial charge on any atom is -0.488 e. The third-order valence-corrected chi connectivity index (χ3v) is 5.17. The van der Waals surface area contributed by atoms with Crippen LogP contribution in [0.2, 0.25) is 0 Å². The number of hydrogen-bond acceptors (Lipinski definition) is 6. The van der Waals surface area contributed by atoms with Crippen LogP contribution in [-0.2, 0) is 16.2 Å². The van der Waals surface area contributed by atoms with Gasteiger partial charge >= 0.3 is 5.97 Å². The summed E-state index contributed by atoms with van der Waals surface area (Å²) in [4.78, 5) is 27.3. The molecule has 3 aromatic rings. The van der Waals surface area contributed by atoms with E-state index in [4.69, 9.17) is 9.57 Å². The number of nitro groups is 1. The van der Waals surface area contributed by atoms with Crippen LogP contribution in [0.25, 0.3) is 6.08 Å². The predicted octanol–water partition coefficient (Wildman–Crippen LogP) is 5.28. The highest BCUT2D eigenvalue weighted by Gasteiger charge is 2.26. The molecule has 0 unspecified atom stereocenters. The van der Waals surface area contributed by atoms with Crippen molar-refractivity contribution in [2.24, 2.45) is 5.16 Å². The standard InChI is InChI=1S/C23H15BrN2O5/c24-20-13-16(12-19-22(25-31-23(19)27)17-4-2-1-3-5-17)8-11-21(20)30-14-15-6-9-18(10-7-15)26(28)29/h1-13H,14H2/b19-12-. The molecule has 1 heterocycles. The molecule has 0 saturated carbocycles. The lowest BCUT2D eigenvalue weighted by Gasteiger charge is -2.09. The highest BCUT2D eigenvalue weighted by molar-refractivity contribution is 9.10. The molecule has 0 saturated heterocycles. The van der Waals surface area contributed by atoms with Crippen LogP contribution in [0.4, 0.5) is 5.69 Å². The van der Waals surface area contributed by atoms with Crippen LogP contribution in [0.15, 0.2) is 88.0 Å². The van der Waals surface area contributed by atoms with Gasteiger partial charge in [0.25, 0.3) is 5.69 Å². The SMILES string of the molecule is O=C1ON=C(c2ccccc2)/C1=C/c1ccc(OCc2ccc([N+](=O)[O-])cc2)c(Br)c1. The first-order valence-corrected chi connectivity index (χ1v) is 10.0. The van der Waals surface area contributed by atoms with Crippen LogP contribution >= 0.6 is 15.9 Å². The Hall–Kier alpha value is -3.78. The summed E-state index contributed by atoms with van der Waals surface area (Å²) in [6.45, 7) is 0.258. The first kappa shape index (κ1) is 20.5. The molecule has 1 aliphatic rings. The van der Waals surface area contributed by atoms with Crippen molar-refractivity contribution in [1.29, 1.82) is 0 Å². The fourth-order valence-electron chi connectivity index (χ4n) is 2.98. The zero-order chi connectivity index (χ0) is 21.8. The van der Waals surface area contributed by atoms with Gasteiger partial charge in [0.05, 0.1) is 15.0 Å². The van der Waals surface area contributed by atoms with E-state index in [0.29, 0.717) is 21.5 Å². The summed E-state index contributed by atoms with van der Waals surface area (Å²) in [5, 5.41) is 14.6. The van der Waals surface area contributed by atoms with E-state index in [9.17, 15) is 14.9 Å². The molecule has 0 spiro atoms. The van der Waals surface area contributed by atoms with Gasteiger partial charge in [-0.2, -0.15) is 0 Å². The van der Waals surface area contributed by atoms with Crippen molar-refractivity contribution >= 4 is 39.4 Å². The highest BCUT2D eigenvalue weighted by Crippen LogP contribution is 2.29. The van der Waals surface area contributed by atoms with Gasteiger partial charge in [0, 0.05) is 17.7 Å². The Morgan fingerprint density at radius 3 is 2.48 bits per heavy atom. The molecule has 0 radical (unpaired) electrons. The number of benzene rings is 3. The van der Waals surface area contributed by atoms with Crippen molar-refractivity contribution in [2.45, 2.75) is 6.61 Å². The van der Waals surface area contributed by atoms with Gasteiger partial charge in [-0.15, -0.1) is 0 Å². The number of rotatable bonds is 6. The molecule has 1 aliphatic heterocycles. The van der Waals surface area contributed by atoms with Crippen LogP contribution in [0, 0.1) is 10.1 Å². The van der Waals surface area contributed by atoms with E-state index in [-0.39, 0.29) is 12.3 Å². The van der Waals surface area contributed by atoms with E-state index < -0.39 is 10.9 Å². The van der Waals surface area contributed by atoms with E-state index in [0.717, 1.165) is 16.7 Å². The number of ether oxygens (including phenoxy) is 1. The monoisotopic (exact) mass is 478 g/mol. The molecule has 8 heteroatoms. The summed E-state index contributed by atoms with van der Waals surface area (Å²) in [5.74, 6) is 0.0972. The summed E-state index contributed by atoms with van der Waals surface area (Å²) in [6.07, 6.45) is 1.71. The Balaban J connectivity index is 1.50. The minimum atomic E-state index is -0.506. The van der Waals surface area contributed by atoms with Gasteiger partial charge in [0.1, 0.15) is 18.1 Å². The largest absolute Gasteiger partial charge is 0.488 e. The Bertz CT molecular complexity index is 1200. The van der Waals surface area contributed by atoms with Crippen molar-refractivity contribution in [1.82, 2.24) is 0 Å².